The van der Waals surface area contributed by atoms with E-state index in [4.69, 9.17) is 4.74 Å². The number of hydrogen-bond acceptors (Lipinski definition) is 2. The van der Waals surface area contributed by atoms with Gasteiger partial charge in [-0.3, -0.25) is 0 Å². The zero-order valence-corrected chi connectivity index (χ0v) is 10.5. The molecule has 2 heterocycles. The lowest BCUT2D eigenvalue weighted by Gasteiger charge is -2.33. The topological polar surface area (TPSA) is 21.3 Å². The van der Waals surface area contributed by atoms with Gasteiger partial charge in [0.2, 0.25) is 0 Å². The Labute approximate surface area is 103 Å². The fourth-order valence-corrected chi connectivity index (χ4v) is 3.19. The average Bonchev–Trinajstić information content (AvgIpc) is 2.76. The van der Waals surface area contributed by atoms with Gasteiger partial charge in [0.05, 0.1) is 12.7 Å². The minimum Gasteiger partial charge on any atom is -0.373 e. The molecule has 0 spiro atoms. The van der Waals surface area contributed by atoms with Crippen LogP contribution in [0.25, 0.3) is 0 Å². The summed E-state index contributed by atoms with van der Waals surface area (Å²) < 4.78 is 5.99. The quantitative estimate of drug-likeness (QED) is 0.845. The molecule has 2 aliphatic rings. The smallest absolute Gasteiger partial charge is 0.0845 e. The van der Waals surface area contributed by atoms with Gasteiger partial charge in [0, 0.05) is 5.54 Å². The summed E-state index contributed by atoms with van der Waals surface area (Å²) in [6.07, 6.45) is 5.02. The molecule has 0 bridgehead atoms. The Kier molecular flexibility index (Phi) is 2.93. The molecule has 2 nitrogen and oxygen atoms in total. The molecule has 3 rings (SSSR count). The summed E-state index contributed by atoms with van der Waals surface area (Å²) in [5.41, 5.74) is 3.16. The first-order chi connectivity index (χ1) is 8.27. The van der Waals surface area contributed by atoms with E-state index in [1.807, 2.05) is 0 Å². The van der Waals surface area contributed by atoms with Gasteiger partial charge in [-0.15, -0.1) is 0 Å². The minimum absolute atomic E-state index is 0.273. The first-order valence-electron chi connectivity index (χ1n) is 6.71. The number of nitrogens with one attached hydrogen (secondary N) is 1. The summed E-state index contributed by atoms with van der Waals surface area (Å²) in [5.74, 6) is 0. The van der Waals surface area contributed by atoms with Crippen LogP contribution >= 0.6 is 0 Å². The molecule has 1 fully saturated rings. The van der Waals surface area contributed by atoms with Crippen LogP contribution in [0.15, 0.2) is 24.3 Å². The van der Waals surface area contributed by atoms with Crippen LogP contribution in [0.2, 0.25) is 0 Å². The van der Waals surface area contributed by atoms with Gasteiger partial charge < -0.3 is 10.1 Å². The standard InChI is InChI=1S/C15H21NO/c1-15(8-4-9-16-15)11-14-13-6-3-2-5-12(13)7-10-17-14/h2-3,5-6,14,16H,4,7-11H2,1H3. The van der Waals surface area contributed by atoms with Crippen LogP contribution < -0.4 is 5.32 Å². The van der Waals surface area contributed by atoms with Crippen molar-refractivity contribution < 1.29 is 4.74 Å². The second-order valence-corrected chi connectivity index (χ2v) is 5.60. The predicted octanol–water partition coefficient (Wildman–Crippen LogP) is 2.83. The fourth-order valence-electron chi connectivity index (χ4n) is 3.19. The highest BCUT2D eigenvalue weighted by atomic mass is 16.5. The van der Waals surface area contributed by atoms with E-state index in [9.17, 15) is 0 Å². The molecule has 1 saturated heterocycles. The van der Waals surface area contributed by atoms with Crippen LogP contribution in [0, 0.1) is 0 Å². The van der Waals surface area contributed by atoms with Crippen molar-refractivity contribution in [1.29, 1.82) is 0 Å². The lowest BCUT2D eigenvalue weighted by Crippen LogP contribution is -2.38. The van der Waals surface area contributed by atoms with Gasteiger partial charge in [0.15, 0.2) is 0 Å². The zero-order chi connectivity index (χ0) is 11.7. The molecule has 1 aromatic carbocycles. The molecule has 0 radical (unpaired) electrons. The van der Waals surface area contributed by atoms with Crippen molar-refractivity contribution in [2.24, 2.45) is 0 Å². The third-order valence-electron chi connectivity index (χ3n) is 4.19. The number of rotatable bonds is 2. The molecule has 2 heteroatoms. The fraction of sp³-hybridized carbons (Fsp3) is 0.600. The van der Waals surface area contributed by atoms with Crippen molar-refractivity contribution in [1.82, 2.24) is 5.32 Å². The van der Waals surface area contributed by atoms with Crippen molar-refractivity contribution in [3.8, 4) is 0 Å². The molecular formula is C15H21NO. The number of ether oxygens (including phenoxy) is 1. The van der Waals surface area contributed by atoms with Gasteiger partial charge in [0.25, 0.3) is 0 Å². The van der Waals surface area contributed by atoms with E-state index in [1.54, 1.807) is 0 Å². The first-order valence-corrected chi connectivity index (χ1v) is 6.71. The van der Waals surface area contributed by atoms with Crippen molar-refractivity contribution in [3.05, 3.63) is 35.4 Å². The van der Waals surface area contributed by atoms with Crippen molar-refractivity contribution in [2.45, 2.75) is 44.2 Å². The summed E-state index contributed by atoms with van der Waals surface area (Å²) in [7, 11) is 0. The molecule has 17 heavy (non-hydrogen) atoms. The van der Waals surface area contributed by atoms with E-state index < -0.39 is 0 Å². The normalized spacial score (nSPS) is 32.4. The third-order valence-corrected chi connectivity index (χ3v) is 4.19. The van der Waals surface area contributed by atoms with Gasteiger partial charge >= 0.3 is 0 Å². The molecule has 2 aliphatic heterocycles. The average molecular weight is 231 g/mol. The first kappa shape index (κ1) is 11.2. The zero-order valence-electron chi connectivity index (χ0n) is 10.5. The maximum atomic E-state index is 5.99. The molecule has 0 aromatic heterocycles. The van der Waals surface area contributed by atoms with E-state index in [-0.39, 0.29) is 11.6 Å². The largest absolute Gasteiger partial charge is 0.373 e. The monoisotopic (exact) mass is 231 g/mol. The molecule has 2 atom stereocenters. The molecular weight excluding hydrogens is 210 g/mol. The van der Waals surface area contributed by atoms with Crippen LogP contribution in [0.3, 0.4) is 0 Å². The summed E-state index contributed by atoms with van der Waals surface area (Å²) in [5, 5.41) is 3.63. The third kappa shape index (κ3) is 2.24. The van der Waals surface area contributed by atoms with E-state index >= 15 is 0 Å². The molecule has 1 N–H and O–H groups in total. The molecule has 1 aromatic rings. The Morgan fingerprint density at radius 1 is 1.41 bits per heavy atom. The van der Waals surface area contributed by atoms with E-state index in [2.05, 4.69) is 36.5 Å². The lowest BCUT2D eigenvalue weighted by molar-refractivity contribution is 0.0202. The van der Waals surface area contributed by atoms with Gasteiger partial charge in [-0.1, -0.05) is 24.3 Å². The van der Waals surface area contributed by atoms with Crippen molar-refractivity contribution in [2.75, 3.05) is 13.2 Å². The van der Waals surface area contributed by atoms with Crippen molar-refractivity contribution >= 4 is 0 Å². The second kappa shape index (κ2) is 4.43. The second-order valence-electron chi connectivity index (χ2n) is 5.60. The van der Waals surface area contributed by atoms with E-state index in [0.717, 1.165) is 26.0 Å². The SMILES string of the molecule is CC1(CC2OCCc3ccccc32)CCCN1. The van der Waals surface area contributed by atoms with Crippen LogP contribution in [0.4, 0.5) is 0 Å². The Bertz CT molecular complexity index is 396. The van der Waals surface area contributed by atoms with Gasteiger partial charge in [-0.25, -0.2) is 0 Å². The molecule has 2 unspecified atom stereocenters. The predicted molar refractivity (Wildman–Crippen MR) is 69.1 cm³/mol. The number of benzene rings is 1. The summed E-state index contributed by atoms with van der Waals surface area (Å²) in [6.45, 7) is 4.36. The number of hydrogen-bond donors (Lipinski definition) is 1. The van der Waals surface area contributed by atoms with Gasteiger partial charge in [-0.05, 0) is 50.3 Å². The molecule has 92 valence electrons. The van der Waals surface area contributed by atoms with Crippen LogP contribution in [0.1, 0.15) is 43.4 Å². The highest BCUT2D eigenvalue weighted by molar-refractivity contribution is 5.31. The van der Waals surface area contributed by atoms with Gasteiger partial charge in [-0.2, -0.15) is 0 Å². The Balaban J connectivity index is 1.81. The molecule has 0 amide bonds. The van der Waals surface area contributed by atoms with Crippen LogP contribution in [0.5, 0.6) is 0 Å². The Morgan fingerprint density at radius 2 is 2.29 bits per heavy atom. The lowest BCUT2D eigenvalue weighted by atomic mass is 9.86. The molecule has 0 saturated carbocycles. The highest BCUT2D eigenvalue weighted by Crippen LogP contribution is 2.36. The summed E-state index contributed by atoms with van der Waals surface area (Å²) >= 11 is 0. The van der Waals surface area contributed by atoms with E-state index in [1.165, 1.54) is 24.0 Å². The highest BCUT2D eigenvalue weighted by Gasteiger charge is 2.33. The minimum atomic E-state index is 0.273. The van der Waals surface area contributed by atoms with E-state index in [0.29, 0.717) is 0 Å². The van der Waals surface area contributed by atoms with Crippen LogP contribution in [-0.2, 0) is 11.2 Å². The van der Waals surface area contributed by atoms with Gasteiger partial charge in [0.1, 0.15) is 0 Å². The maximum absolute atomic E-state index is 5.99. The van der Waals surface area contributed by atoms with Crippen LogP contribution in [-0.4, -0.2) is 18.7 Å². The molecule has 0 aliphatic carbocycles. The summed E-state index contributed by atoms with van der Waals surface area (Å²) in [6, 6.07) is 8.74. The summed E-state index contributed by atoms with van der Waals surface area (Å²) in [4.78, 5) is 0. The Hall–Kier alpha value is -0.860. The Morgan fingerprint density at radius 3 is 3.12 bits per heavy atom. The maximum Gasteiger partial charge on any atom is 0.0845 e. The van der Waals surface area contributed by atoms with Crippen molar-refractivity contribution in [3.63, 3.8) is 0 Å². The number of fused-ring (bicyclic) bond motifs is 1.